The second-order valence-electron chi connectivity index (χ2n) is 10.1. The first-order valence-electron chi connectivity index (χ1n) is 14.2. The van der Waals surface area contributed by atoms with Gasteiger partial charge in [0.1, 0.15) is 17.4 Å². The van der Waals surface area contributed by atoms with Crippen molar-refractivity contribution in [1.82, 2.24) is 14.8 Å². The molecule has 1 aliphatic rings. The van der Waals surface area contributed by atoms with Gasteiger partial charge in [0, 0.05) is 11.3 Å². The summed E-state index contributed by atoms with van der Waals surface area (Å²) in [4.78, 5) is 0. The van der Waals surface area contributed by atoms with E-state index in [1.807, 2.05) is 83.4 Å². The molecule has 1 N–H and O–H groups in total. The molecule has 206 valence electrons. The van der Waals surface area contributed by atoms with Gasteiger partial charge in [-0.2, -0.15) is 5.10 Å². The number of hydrogen-bond acceptors (Lipinski definition) is 6. The molecule has 0 bridgehead atoms. The number of hydrogen-bond donors (Lipinski definition) is 1. The molecule has 0 spiro atoms. The molecule has 6 rings (SSSR count). The monoisotopic (exact) mass is 559 g/mol. The van der Waals surface area contributed by atoms with Gasteiger partial charge in [-0.3, -0.25) is 9.99 Å². The number of anilines is 1. The van der Waals surface area contributed by atoms with Gasteiger partial charge in [-0.15, -0.1) is 10.2 Å². The highest BCUT2D eigenvalue weighted by molar-refractivity contribution is 8.14. The summed E-state index contributed by atoms with van der Waals surface area (Å²) in [6, 6.07) is 38.8. The molecule has 7 heteroatoms. The second-order valence-corrected chi connectivity index (χ2v) is 11.1. The Morgan fingerprint density at radius 1 is 0.780 bits per heavy atom. The lowest BCUT2D eigenvalue weighted by atomic mass is 9.84. The van der Waals surface area contributed by atoms with E-state index in [2.05, 4.69) is 52.0 Å². The van der Waals surface area contributed by atoms with Gasteiger partial charge in [0.05, 0.1) is 5.69 Å². The highest BCUT2D eigenvalue weighted by Gasteiger charge is 2.19. The third kappa shape index (κ3) is 6.87. The summed E-state index contributed by atoms with van der Waals surface area (Å²) in [5.74, 6) is 2.23. The van der Waals surface area contributed by atoms with Crippen LogP contribution in [0, 0.1) is 0 Å². The van der Waals surface area contributed by atoms with Crippen molar-refractivity contribution in [3.8, 4) is 11.4 Å². The molecule has 6 nitrogen and oxygen atoms in total. The van der Waals surface area contributed by atoms with Crippen LogP contribution >= 0.6 is 11.8 Å². The molecule has 0 unspecified atom stereocenters. The van der Waals surface area contributed by atoms with Crippen LogP contribution in [0.4, 0.5) is 5.69 Å². The summed E-state index contributed by atoms with van der Waals surface area (Å²) in [6.07, 6.45) is 6.60. The molecular weight excluding hydrogens is 526 g/mol. The van der Waals surface area contributed by atoms with Crippen LogP contribution in [0.5, 0.6) is 5.75 Å². The largest absolute Gasteiger partial charge is 0.486 e. The third-order valence-electron chi connectivity index (χ3n) is 7.31. The van der Waals surface area contributed by atoms with Crippen LogP contribution in [-0.2, 0) is 6.61 Å². The summed E-state index contributed by atoms with van der Waals surface area (Å²) >= 11 is 1.46. The average molecular weight is 560 g/mol. The lowest BCUT2D eigenvalue weighted by Crippen LogP contribution is -2.08. The summed E-state index contributed by atoms with van der Waals surface area (Å²) in [5.41, 5.74) is 7.47. The first-order chi connectivity index (χ1) is 20.3. The molecule has 0 aliphatic heterocycles. The minimum atomic E-state index is 0.297. The fraction of sp³-hybridized carbons (Fsp3) is 0.206. The van der Waals surface area contributed by atoms with Gasteiger partial charge in [0.25, 0.3) is 0 Å². The zero-order valence-electron chi connectivity index (χ0n) is 22.9. The van der Waals surface area contributed by atoms with E-state index in [0.29, 0.717) is 17.7 Å². The summed E-state index contributed by atoms with van der Waals surface area (Å²) in [7, 11) is 0. The van der Waals surface area contributed by atoms with Gasteiger partial charge in [-0.1, -0.05) is 98.1 Å². The maximum Gasteiger partial charge on any atom is 0.202 e. The fourth-order valence-corrected chi connectivity index (χ4v) is 6.06. The van der Waals surface area contributed by atoms with E-state index in [9.17, 15) is 0 Å². The van der Waals surface area contributed by atoms with Crippen molar-refractivity contribution >= 4 is 22.5 Å². The number of nitrogens with one attached hydrogen (secondary N) is 1. The van der Waals surface area contributed by atoms with Gasteiger partial charge in [0.15, 0.2) is 5.82 Å². The minimum Gasteiger partial charge on any atom is -0.486 e. The molecule has 1 aromatic heterocycles. The van der Waals surface area contributed by atoms with Crippen LogP contribution in [0.1, 0.15) is 55.0 Å². The molecule has 0 atom stereocenters. The second kappa shape index (κ2) is 13.3. The quantitative estimate of drug-likeness (QED) is 0.0849. The standard InChI is InChI=1S/C34H33N5OS/c1-5-13-26(14-6-1)27-21-23-31(24-22-27)40-25-32-36-38-34(39(32)30-19-11-4-12-20-30)41-33(28-15-7-2-8-16-28)37-35-29-17-9-3-10-18-29/h2-4,7-12,15-24,26,35H,1,5-6,13-14,25H2/b37-33-. The maximum atomic E-state index is 6.23. The SMILES string of the molecule is c1ccc(N/N=C(\Sc2nnc(COc3ccc(C4CCCCC4)cc3)n2-c2ccccc2)c2ccccc2)cc1. The summed E-state index contributed by atoms with van der Waals surface area (Å²) in [5, 5.41) is 15.4. The molecule has 4 aromatic carbocycles. The fourth-order valence-electron chi connectivity index (χ4n) is 5.16. The predicted molar refractivity (Wildman–Crippen MR) is 167 cm³/mol. The van der Waals surface area contributed by atoms with Gasteiger partial charge in [-0.05, 0) is 72.5 Å². The predicted octanol–water partition coefficient (Wildman–Crippen LogP) is 8.46. The molecule has 5 aromatic rings. The summed E-state index contributed by atoms with van der Waals surface area (Å²) < 4.78 is 8.27. The van der Waals surface area contributed by atoms with Gasteiger partial charge < -0.3 is 4.74 Å². The number of rotatable bonds is 9. The first-order valence-corrected chi connectivity index (χ1v) is 15.0. The van der Waals surface area contributed by atoms with Crippen molar-refractivity contribution in [3.63, 3.8) is 0 Å². The van der Waals surface area contributed by atoms with Crippen molar-refractivity contribution in [2.75, 3.05) is 5.43 Å². The van der Waals surface area contributed by atoms with E-state index >= 15 is 0 Å². The Balaban J connectivity index is 1.25. The topological polar surface area (TPSA) is 64.3 Å². The number of para-hydroxylation sites is 2. The van der Waals surface area contributed by atoms with E-state index in [1.54, 1.807) is 0 Å². The smallest absolute Gasteiger partial charge is 0.202 e. The Morgan fingerprint density at radius 2 is 1.44 bits per heavy atom. The lowest BCUT2D eigenvalue weighted by Gasteiger charge is -2.22. The van der Waals surface area contributed by atoms with Crippen LogP contribution < -0.4 is 10.2 Å². The third-order valence-corrected chi connectivity index (χ3v) is 8.28. The minimum absolute atomic E-state index is 0.297. The van der Waals surface area contributed by atoms with Crippen LogP contribution in [-0.4, -0.2) is 19.8 Å². The van der Waals surface area contributed by atoms with E-state index in [0.717, 1.165) is 33.6 Å². The molecular formula is C34H33N5OS. The van der Waals surface area contributed by atoms with Crippen molar-refractivity contribution in [2.45, 2.75) is 49.8 Å². The van der Waals surface area contributed by atoms with Crippen LogP contribution in [0.25, 0.3) is 5.69 Å². The van der Waals surface area contributed by atoms with E-state index in [-0.39, 0.29) is 0 Å². The first kappa shape index (κ1) is 26.8. The molecule has 0 saturated heterocycles. The Kier molecular flexibility index (Phi) is 8.73. The number of ether oxygens (including phenoxy) is 1. The van der Waals surface area contributed by atoms with E-state index in [4.69, 9.17) is 9.84 Å². The van der Waals surface area contributed by atoms with Crippen molar-refractivity contribution in [2.24, 2.45) is 5.10 Å². The Labute approximate surface area is 245 Å². The number of hydrazone groups is 1. The van der Waals surface area contributed by atoms with Crippen LogP contribution in [0.3, 0.4) is 0 Å². The van der Waals surface area contributed by atoms with Crippen molar-refractivity contribution in [1.29, 1.82) is 0 Å². The lowest BCUT2D eigenvalue weighted by molar-refractivity contribution is 0.292. The number of nitrogens with zero attached hydrogens (tertiary/aromatic N) is 4. The molecule has 41 heavy (non-hydrogen) atoms. The zero-order valence-corrected chi connectivity index (χ0v) is 23.7. The van der Waals surface area contributed by atoms with Gasteiger partial charge in [0.2, 0.25) is 5.16 Å². The van der Waals surface area contributed by atoms with E-state index in [1.165, 1.54) is 49.4 Å². The average Bonchev–Trinajstić information content (AvgIpc) is 3.46. The summed E-state index contributed by atoms with van der Waals surface area (Å²) in [6.45, 7) is 0.297. The molecule has 1 fully saturated rings. The Morgan fingerprint density at radius 3 is 2.15 bits per heavy atom. The molecule has 1 saturated carbocycles. The number of benzene rings is 4. The normalized spacial score (nSPS) is 14.1. The Hall–Kier alpha value is -4.36. The van der Waals surface area contributed by atoms with Crippen molar-refractivity contribution in [3.05, 3.63) is 132 Å². The van der Waals surface area contributed by atoms with Crippen LogP contribution in [0.15, 0.2) is 126 Å². The Bertz CT molecular complexity index is 1550. The van der Waals surface area contributed by atoms with Crippen molar-refractivity contribution < 1.29 is 4.74 Å². The maximum absolute atomic E-state index is 6.23. The van der Waals surface area contributed by atoms with Gasteiger partial charge >= 0.3 is 0 Å². The molecule has 1 aliphatic carbocycles. The molecule has 0 radical (unpaired) electrons. The number of thioether (sulfide) groups is 1. The highest BCUT2D eigenvalue weighted by atomic mass is 32.2. The van der Waals surface area contributed by atoms with Gasteiger partial charge in [-0.25, -0.2) is 0 Å². The number of aromatic nitrogens is 3. The van der Waals surface area contributed by atoms with E-state index < -0.39 is 0 Å². The molecule has 0 amide bonds. The van der Waals surface area contributed by atoms with Crippen LogP contribution in [0.2, 0.25) is 0 Å². The highest BCUT2D eigenvalue weighted by Crippen LogP contribution is 2.33. The molecule has 1 heterocycles. The zero-order chi connectivity index (χ0) is 27.7.